The molecule has 0 radical (unpaired) electrons. The summed E-state index contributed by atoms with van der Waals surface area (Å²) in [6.07, 6.45) is 0. The van der Waals surface area contributed by atoms with Crippen molar-refractivity contribution in [3.8, 4) is 0 Å². The summed E-state index contributed by atoms with van der Waals surface area (Å²) in [5.41, 5.74) is 7.85. The molecule has 0 aliphatic rings. The Morgan fingerprint density at radius 1 is 1.15 bits per heavy atom. The predicted molar refractivity (Wildman–Crippen MR) is 83.9 cm³/mol. The number of nitrogen functional groups attached to an aromatic ring is 1. The Morgan fingerprint density at radius 3 is 2.55 bits per heavy atom. The number of nitrogens with two attached hydrogens (primary N) is 1. The second kappa shape index (κ2) is 6.77. The number of benzene rings is 2. The van der Waals surface area contributed by atoms with Crippen molar-refractivity contribution in [2.45, 2.75) is 11.5 Å². The molecule has 0 saturated heterocycles. The zero-order chi connectivity index (χ0) is 14.5. The van der Waals surface area contributed by atoms with E-state index in [4.69, 9.17) is 22.7 Å². The van der Waals surface area contributed by atoms with Crippen molar-refractivity contribution in [3.05, 3.63) is 70.0 Å². The van der Waals surface area contributed by atoms with E-state index < -0.39 is 0 Å². The van der Waals surface area contributed by atoms with E-state index in [-0.39, 0.29) is 11.7 Å². The minimum atomic E-state index is -0.380. The lowest BCUT2D eigenvalue weighted by Gasteiger charge is -2.09. The van der Waals surface area contributed by atoms with Crippen molar-refractivity contribution in [2.24, 2.45) is 5.73 Å². The monoisotopic (exact) mass is 308 g/mol. The van der Waals surface area contributed by atoms with Gasteiger partial charge in [0, 0.05) is 22.1 Å². The minimum absolute atomic E-state index is 0.113. The molecule has 2 nitrogen and oxygen atoms in total. The third-order valence-electron chi connectivity index (χ3n) is 2.84. The lowest BCUT2D eigenvalue weighted by molar-refractivity contribution is 0.627. The van der Waals surface area contributed by atoms with Crippen LogP contribution in [-0.2, 0) is 11.5 Å². The number of halogens is 2. The molecular formula is C15H14ClFN2S. The molecule has 0 aromatic heterocycles. The highest BCUT2D eigenvalue weighted by atomic mass is 35.5. The van der Waals surface area contributed by atoms with Crippen LogP contribution in [0, 0.1) is 11.2 Å². The molecule has 0 aliphatic heterocycles. The highest BCUT2D eigenvalue weighted by Crippen LogP contribution is 2.24. The smallest absolute Gasteiger partial charge is 0.123 e. The zero-order valence-electron chi connectivity index (χ0n) is 10.7. The van der Waals surface area contributed by atoms with Gasteiger partial charge in [-0.2, -0.15) is 11.8 Å². The molecule has 2 aromatic carbocycles. The maximum atomic E-state index is 13.2. The van der Waals surface area contributed by atoms with Crippen molar-refractivity contribution in [1.82, 2.24) is 0 Å². The van der Waals surface area contributed by atoms with Crippen LogP contribution in [-0.4, -0.2) is 5.84 Å². The number of thioether (sulfide) groups is 1. The number of nitrogens with one attached hydrogen (secondary N) is 1. The standard InChI is InChI=1S/C15H14ClFN2S/c16-14-4-2-1-3-11(14)9-20-8-10-5-6-12(17)7-13(10)15(18)19/h1-7H,8-9H2,(H3,18,19). The second-order valence-corrected chi connectivity index (χ2v) is 5.69. The maximum absolute atomic E-state index is 13.2. The molecule has 104 valence electrons. The molecule has 0 amide bonds. The van der Waals surface area contributed by atoms with Gasteiger partial charge in [0.2, 0.25) is 0 Å². The Kier molecular flexibility index (Phi) is 5.04. The van der Waals surface area contributed by atoms with E-state index >= 15 is 0 Å². The summed E-state index contributed by atoms with van der Waals surface area (Å²) in [5, 5.41) is 8.23. The van der Waals surface area contributed by atoms with E-state index in [2.05, 4.69) is 0 Å². The summed E-state index contributed by atoms with van der Waals surface area (Å²) < 4.78 is 13.2. The van der Waals surface area contributed by atoms with Crippen LogP contribution < -0.4 is 5.73 Å². The molecule has 0 unspecified atom stereocenters. The summed E-state index contributed by atoms with van der Waals surface area (Å²) in [6.45, 7) is 0. The Labute approximate surface area is 126 Å². The maximum Gasteiger partial charge on any atom is 0.123 e. The fourth-order valence-corrected chi connectivity index (χ4v) is 3.14. The number of rotatable bonds is 5. The molecular weight excluding hydrogens is 295 g/mol. The lowest BCUT2D eigenvalue weighted by Crippen LogP contribution is -2.14. The first kappa shape index (κ1) is 14.9. The highest BCUT2D eigenvalue weighted by Gasteiger charge is 2.08. The predicted octanol–water partition coefficient (Wildman–Crippen LogP) is 4.20. The summed E-state index contributed by atoms with van der Waals surface area (Å²) in [4.78, 5) is 0. The number of hydrogen-bond acceptors (Lipinski definition) is 2. The first-order valence-corrected chi connectivity index (χ1v) is 7.55. The summed E-state index contributed by atoms with van der Waals surface area (Å²) >= 11 is 7.74. The van der Waals surface area contributed by atoms with Gasteiger partial charge >= 0.3 is 0 Å². The van der Waals surface area contributed by atoms with Gasteiger partial charge in [0.1, 0.15) is 11.7 Å². The van der Waals surface area contributed by atoms with Gasteiger partial charge in [-0.1, -0.05) is 35.9 Å². The van der Waals surface area contributed by atoms with E-state index in [1.807, 2.05) is 24.3 Å². The van der Waals surface area contributed by atoms with Crippen molar-refractivity contribution >= 4 is 29.2 Å². The Bertz CT molecular complexity index is 631. The van der Waals surface area contributed by atoms with E-state index in [0.29, 0.717) is 11.3 Å². The fraction of sp³-hybridized carbons (Fsp3) is 0.133. The van der Waals surface area contributed by atoms with Gasteiger partial charge in [0.25, 0.3) is 0 Å². The van der Waals surface area contributed by atoms with Crippen LogP contribution in [0.3, 0.4) is 0 Å². The molecule has 0 aliphatic carbocycles. The molecule has 0 fully saturated rings. The molecule has 0 atom stereocenters. The third-order valence-corrected chi connectivity index (χ3v) is 4.23. The normalized spacial score (nSPS) is 10.5. The van der Waals surface area contributed by atoms with Crippen LogP contribution in [0.4, 0.5) is 4.39 Å². The SMILES string of the molecule is N=C(N)c1cc(F)ccc1CSCc1ccccc1Cl. The summed E-state index contributed by atoms with van der Waals surface area (Å²) in [5.74, 6) is 0.919. The van der Waals surface area contributed by atoms with Gasteiger partial charge in [0.15, 0.2) is 0 Å². The van der Waals surface area contributed by atoms with Crippen LogP contribution in [0.5, 0.6) is 0 Å². The topological polar surface area (TPSA) is 49.9 Å². The average molecular weight is 309 g/mol. The van der Waals surface area contributed by atoms with Crippen LogP contribution in [0.2, 0.25) is 5.02 Å². The molecule has 2 aromatic rings. The molecule has 0 saturated carbocycles. The van der Waals surface area contributed by atoms with Crippen molar-refractivity contribution in [2.75, 3.05) is 0 Å². The van der Waals surface area contributed by atoms with Gasteiger partial charge in [-0.15, -0.1) is 0 Å². The van der Waals surface area contributed by atoms with Crippen LogP contribution in [0.25, 0.3) is 0 Å². The molecule has 3 N–H and O–H groups in total. The molecule has 5 heteroatoms. The average Bonchev–Trinajstić information content (AvgIpc) is 2.42. The Hall–Kier alpha value is -1.52. The van der Waals surface area contributed by atoms with Gasteiger partial charge in [-0.3, -0.25) is 5.41 Å². The lowest BCUT2D eigenvalue weighted by atomic mass is 10.1. The quantitative estimate of drug-likeness (QED) is 0.642. The minimum Gasteiger partial charge on any atom is -0.384 e. The zero-order valence-corrected chi connectivity index (χ0v) is 12.3. The van der Waals surface area contributed by atoms with E-state index in [0.717, 1.165) is 21.9 Å². The first-order valence-electron chi connectivity index (χ1n) is 6.02. The molecule has 0 spiro atoms. The van der Waals surface area contributed by atoms with Crippen LogP contribution in [0.15, 0.2) is 42.5 Å². The molecule has 2 rings (SSSR count). The molecule has 0 bridgehead atoms. The van der Waals surface area contributed by atoms with E-state index in [9.17, 15) is 4.39 Å². The second-order valence-electron chi connectivity index (χ2n) is 4.30. The summed E-state index contributed by atoms with van der Waals surface area (Å²) in [6, 6.07) is 12.0. The van der Waals surface area contributed by atoms with Crippen LogP contribution in [0.1, 0.15) is 16.7 Å². The largest absolute Gasteiger partial charge is 0.384 e. The van der Waals surface area contributed by atoms with Gasteiger partial charge < -0.3 is 5.73 Å². The fourth-order valence-electron chi connectivity index (χ4n) is 1.81. The van der Waals surface area contributed by atoms with E-state index in [1.165, 1.54) is 12.1 Å². The van der Waals surface area contributed by atoms with Crippen LogP contribution >= 0.6 is 23.4 Å². The first-order chi connectivity index (χ1) is 9.58. The summed E-state index contributed by atoms with van der Waals surface area (Å²) in [7, 11) is 0. The highest BCUT2D eigenvalue weighted by molar-refractivity contribution is 7.97. The molecule has 0 heterocycles. The van der Waals surface area contributed by atoms with Gasteiger partial charge in [-0.25, -0.2) is 4.39 Å². The molecule has 20 heavy (non-hydrogen) atoms. The Balaban J connectivity index is 2.05. The van der Waals surface area contributed by atoms with Crippen molar-refractivity contribution in [1.29, 1.82) is 5.41 Å². The number of hydrogen-bond donors (Lipinski definition) is 2. The van der Waals surface area contributed by atoms with Gasteiger partial charge in [0.05, 0.1) is 0 Å². The Morgan fingerprint density at radius 2 is 1.85 bits per heavy atom. The van der Waals surface area contributed by atoms with Crippen molar-refractivity contribution < 1.29 is 4.39 Å². The third kappa shape index (κ3) is 3.74. The van der Waals surface area contributed by atoms with Gasteiger partial charge in [-0.05, 0) is 29.3 Å². The number of amidine groups is 1. The van der Waals surface area contributed by atoms with E-state index in [1.54, 1.807) is 17.8 Å². The van der Waals surface area contributed by atoms with Crippen molar-refractivity contribution in [3.63, 3.8) is 0 Å².